The van der Waals surface area contributed by atoms with Crippen LogP contribution in [0.25, 0.3) is 0 Å². The van der Waals surface area contributed by atoms with Crippen molar-refractivity contribution in [1.82, 2.24) is 0 Å². The highest BCUT2D eigenvalue weighted by Crippen LogP contribution is 2.68. The van der Waals surface area contributed by atoms with Crippen LogP contribution in [-0.4, -0.2) is 66.0 Å². The molecule has 7 fully saturated rings. The molecule has 1 saturated heterocycles. The van der Waals surface area contributed by atoms with Crippen molar-refractivity contribution >= 4 is 17.9 Å². The van der Waals surface area contributed by atoms with Crippen molar-refractivity contribution in [3.8, 4) is 0 Å². The summed E-state index contributed by atoms with van der Waals surface area (Å²) in [6.07, 6.45) is -22.0. The number of fused-ring (bicyclic) bond motifs is 1. The molecule has 6 bridgehead atoms. The largest absolute Gasteiger partial charge is 0.459 e. The number of hydrogen-bond acceptors (Lipinski definition) is 7. The Bertz CT molecular complexity index is 1380. The van der Waals surface area contributed by atoms with Crippen LogP contribution in [0.3, 0.4) is 0 Å². The van der Waals surface area contributed by atoms with Crippen LogP contribution in [0.5, 0.6) is 0 Å². The van der Waals surface area contributed by atoms with E-state index >= 15 is 26.3 Å². The molecule has 51 heavy (non-hydrogen) atoms. The topological polar surface area (TPSA) is 88.1 Å². The van der Waals surface area contributed by atoms with E-state index in [1.54, 1.807) is 0 Å². The minimum Gasteiger partial charge on any atom is -0.459 e. The fraction of sp³-hybridized carbons (Fsp3) is 0.914. The van der Waals surface area contributed by atoms with Gasteiger partial charge in [-0.15, -0.1) is 0 Å². The van der Waals surface area contributed by atoms with Crippen molar-refractivity contribution in [2.75, 3.05) is 0 Å². The van der Waals surface area contributed by atoms with Crippen molar-refractivity contribution in [1.29, 1.82) is 0 Å². The standard InChI is InChI=1S/C35H45F9O7/c1-6-21(48-23-20-10-22-24(23)49-27(47)32(22,14-20)35(42,43)44)15-31(34(39,40)41,26(46)50-28(2,3)4)16-29(5,33(36,37)38)25(45)51-30-11-17-7-18(12-30)9-19(8-17)13-30/h17-24H,6-16H2,1-5H3. The van der Waals surface area contributed by atoms with Gasteiger partial charge in [-0.2, -0.15) is 39.5 Å². The van der Waals surface area contributed by atoms with E-state index in [2.05, 4.69) is 0 Å². The number of carbonyl (C=O) groups excluding carboxylic acids is 3. The van der Waals surface area contributed by atoms with Crippen LogP contribution in [0, 0.1) is 45.8 Å². The number of ether oxygens (including phenoxy) is 4. The van der Waals surface area contributed by atoms with Crippen molar-refractivity contribution in [3.63, 3.8) is 0 Å². The van der Waals surface area contributed by atoms with E-state index in [4.69, 9.17) is 18.9 Å². The van der Waals surface area contributed by atoms with Gasteiger partial charge in [0.25, 0.3) is 0 Å². The molecule has 7 nitrogen and oxygen atoms in total. The first kappa shape index (κ1) is 38.5. The van der Waals surface area contributed by atoms with Gasteiger partial charge in [0.2, 0.25) is 0 Å². The Morgan fingerprint density at radius 2 is 1.37 bits per heavy atom. The molecule has 0 spiro atoms. The van der Waals surface area contributed by atoms with E-state index in [1.165, 1.54) is 27.7 Å². The van der Waals surface area contributed by atoms with E-state index in [-0.39, 0.29) is 30.6 Å². The highest BCUT2D eigenvalue weighted by atomic mass is 19.4. The van der Waals surface area contributed by atoms with Gasteiger partial charge < -0.3 is 18.9 Å². The average Bonchev–Trinajstić information content (AvgIpc) is 3.56. The maximum absolute atomic E-state index is 15.6. The van der Waals surface area contributed by atoms with E-state index in [1.807, 2.05) is 0 Å². The number of alkyl halides is 9. The first-order valence-corrected chi connectivity index (χ1v) is 17.7. The van der Waals surface area contributed by atoms with Crippen LogP contribution in [0.15, 0.2) is 0 Å². The molecule has 290 valence electrons. The summed E-state index contributed by atoms with van der Waals surface area (Å²) in [6.45, 7) is 5.37. The van der Waals surface area contributed by atoms with E-state index < -0.39 is 113 Å². The predicted octanol–water partition coefficient (Wildman–Crippen LogP) is 8.42. The zero-order chi connectivity index (χ0) is 38.0. The summed E-state index contributed by atoms with van der Waals surface area (Å²) in [7, 11) is 0. The Labute approximate surface area is 290 Å². The van der Waals surface area contributed by atoms with Gasteiger partial charge in [0.15, 0.2) is 16.2 Å². The van der Waals surface area contributed by atoms with Gasteiger partial charge in [0.05, 0.1) is 12.2 Å². The maximum atomic E-state index is 15.6. The van der Waals surface area contributed by atoms with Gasteiger partial charge in [-0.3, -0.25) is 14.4 Å². The molecule has 0 radical (unpaired) electrons. The zero-order valence-corrected chi connectivity index (χ0v) is 29.2. The third-order valence-electron chi connectivity index (χ3n) is 12.8. The van der Waals surface area contributed by atoms with Crippen molar-refractivity contribution in [2.24, 2.45) is 45.8 Å². The van der Waals surface area contributed by atoms with Gasteiger partial charge in [-0.25, -0.2) is 0 Å². The minimum absolute atomic E-state index is 0.131. The summed E-state index contributed by atoms with van der Waals surface area (Å²) >= 11 is 0. The average molecular weight is 749 g/mol. The zero-order valence-electron chi connectivity index (χ0n) is 29.2. The molecule has 8 unspecified atom stereocenters. The lowest BCUT2D eigenvalue weighted by molar-refractivity contribution is -0.286. The molecule has 1 aliphatic heterocycles. The molecule has 16 heteroatoms. The van der Waals surface area contributed by atoms with Crippen LogP contribution in [-0.2, 0) is 33.3 Å². The number of hydrogen-bond donors (Lipinski definition) is 0. The van der Waals surface area contributed by atoms with Gasteiger partial charge in [-0.05, 0) is 122 Å². The number of esters is 3. The summed E-state index contributed by atoms with van der Waals surface area (Å²) in [6, 6.07) is 0. The summed E-state index contributed by atoms with van der Waals surface area (Å²) in [5.74, 6) is -7.36. The molecule has 1 heterocycles. The number of rotatable bonds is 10. The third-order valence-corrected chi connectivity index (χ3v) is 12.8. The smallest absolute Gasteiger partial charge is 0.405 e. The second kappa shape index (κ2) is 11.9. The Hall–Kier alpha value is -2.26. The van der Waals surface area contributed by atoms with Gasteiger partial charge >= 0.3 is 36.4 Å². The quantitative estimate of drug-likeness (QED) is 0.126. The highest BCUT2D eigenvalue weighted by molar-refractivity contribution is 5.83. The van der Waals surface area contributed by atoms with E-state index in [9.17, 15) is 27.6 Å². The fourth-order valence-corrected chi connectivity index (χ4v) is 10.8. The lowest BCUT2D eigenvalue weighted by atomic mass is 9.54. The number of halogens is 9. The SMILES string of the molecule is CCC(CC(CC(C)(C(=O)OC12CC3CC(CC(C3)C1)C2)C(F)(F)F)(C(=O)OC(C)(C)C)C(F)(F)F)OC1C2CC3C1OC(=O)C3(C(F)(F)F)C2. The van der Waals surface area contributed by atoms with Gasteiger partial charge in [0.1, 0.15) is 17.3 Å². The summed E-state index contributed by atoms with van der Waals surface area (Å²) in [5.41, 5.74) is -13.4. The molecule has 0 aromatic carbocycles. The number of carbonyl (C=O) groups is 3. The minimum atomic E-state index is -5.74. The first-order chi connectivity index (χ1) is 23.2. The molecule has 6 aliphatic carbocycles. The molecule has 7 aliphatic rings. The Balaban J connectivity index is 1.33. The molecule has 0 aromatic rings. The Morgan fingerprint density at radius 1 is 0.824 bits per heavy atom. The second-order valence-corrected chi connectivity index (χ2v) is 17.6. The third kappa shape index (κ3) is 6.12. The predicted molar refractivity (Wildman–Crippen MR) is 158 cm³/mol. The Kier molecular flexibility index (Phi) is 8.95. The summed E-state index contributed by atoms with van der Waals surface area (Å²) in [4.78, 5) is 40.1. The van der Waals surface area contributed by atoms with Gasteiger partial charge in [-0.1, -0.05) is 6.92 Å². The van der Waals surface area contributed by atoms with Crippen LogP contribution >= 0.6 is 0 Å². The van der Waals surface area contributed by atoms with Crippen molar-refractivity contribution < 1.29 is 72.8 Å². The molecular weight excluding hydrogens is 703 g/mol. The first-order valence-electron chi connectivity index (χ1n) is 17.7. The molecule has 6 saturated carbocycles. The normalized spacial score (nSPS) is 38.6. The lowest BCUT2D eigenvalue weighted by Gasteiger charge is -2.56. The van der Waals surface area contributed by atoms with Crippen LogP contribution in [0.2, 0.25) is 0 Å². The lowest BCUT2D eigenvalue weighted by Crippen LogP contribution is -2.59. The molecule has 7 rings (SSSR count). The van der Waals surface area contributed by atoms with Crippen molar-refractivity contribution in [3.05, 3.63) is 0 Å². The molecular formula is C35H45F9O7. The highest BCUT2D eigenvalue weighted by Gasteiger charge is 2.80. The molecule has 0 amide bonds. The summed E-state index contributed by atoms with van der Waals surface area (Å²) < 4.78 is 156. The van der Waals surface area contributed by atoms with Crippen molar-refractivity contribution in [2.45, 2.75) is 153 Å². The maximum Gasteiger partial charge on any atom is 0.405 e. The second-order valence-electron chi connectivity index (χ2n) is 17.6. The molecule has 0 aromatic heterocycles. The van der Waals surface area contributed by atoms with Crippen LogP contribution in [0.1, 0.15) is 105 Å². The molecule has 0 N–H and O–H groups in total. The molecule has 8 atom stereocenters. The van der Waals surface area contributed by atoms with Gasteiger partial charge in [0, 0.05) is 5.92 Å². The van der Waals surface area contributed by atoms with Crippen LogP contribution in [0.4, 0.5) is 39.5 Å². The van der Waals surface area contributed by atoms with Crippen LogP contribution < -0.4 is 0 Å². The monoisotopic (exact) mass is 748 g/mol. The fourth-order valence-electron chi connectivity index (χ4n) is 10.8. The summed E-state index contributed by atoms with van der Waals surface area (Å²) in [5, 5.41) is 0. The Morgan fingerprint density at radius 3 is 1.82 bits per heavy atom. The van der Waals surface area contributed by atoms with E-state index in [0.717, 1.165) is 19.3 Å². The van der Waals surface area contributed by atoms with E-state index in [0.29, 0.717) is 26.2 Å².